The maximum Gasteiger partial charge on any atom is 0.210 e. The van der Waals surface area contributed by atoms with Crippen LogP contribution >= 0.6 is 15.9 Å². The minimum atomic E-state index is -1.61. The standard InChI is InChI=1S/C13H16BrN3O2S/c1-13(2,3)12(14)11(16-17-15)9-20(18)19-10-7-5-4-6-8-10/h4-8H,9H2,1-3H3/b12-11-. The van der Waals surface area contributed by atoms with Crippen LogP contribution in [0.15, 0.2) is 45.6 Å². The molecule has 20 heavy (non-hydrogen) atoms. The lowest BCUT2D eigenvalue weighted by Crippen LogP contribution is -2.12. The molecule has 1 unspecified atom stereocenters. The largest absolute Gasteiger partial charge is 0.400 e. The first-order valence-electron chi connectivity index (χ1n) is 5.90. The van der Waals surface area contributed by atoms with Gasteiger partial charge in [0.1, 0.15) is 5.75 Å². The van der Waals surface area contributed by atoms with Gasteiger partial charge in [0.05, 0.1) is 5.75 Å². The van der Waals surface area contributed by atoms with Crippen molar-refractivity contribution in [3.05, 3.63) is 51.0 Å². The van der Waals surface area contributed by atoms with Crippen LogP contribution in [0.1, 0.15) is 20.8 Å². The number of hydrogen-bond acceptors (Lipinski definition) is 3. The molecule has 0 amide bonds. The zero-order chi connectivity index (χ0) is 15.2. The van der Waals surface area contributed by atoms with Crippen LogP contribution in [0.25, 0.3) is 10.4 Å². The Morgan fingerprint density at radius 1 is 1.40 bits per heavy atom. The Bertz CT molecular complexity index is 561. The Morgan fingerprint density at radius 2 is 2.00 bits per heavy atom. The van der Waals surface area contributed by atoms with Crippen molar-refractivity contribution in [3.8, 4) is 5.75 Å². The van der Waals surface area contributed by atoms with Crippen LogP contribution in [0.4, 0.5) is 0 Å². The number of nitrogens with zero attached hydrogens (tertiary/aromatic N) is 3. The zero-order valence-corrected chi connectivity index (χ0v) is 13.9. The van der Waals surface area contributed by atoms with Crippen LogP contribution in [0.3, 0.4) is 0 Å². The van der Waals surface area contributed by atoms with Crippen LogP contribution in [0.5, 0.6) is 5.75 Å². The highest BCUT2D eigenvalue weighted by Gasteiger charge is 2.20. The SMILES string of the molecule is CC(C)(C)/C(Br)=C(\CS(=O)Oc1ccccc1)N=[N+]=[N-]. The maximum absolute atomic E-state index is 12.0. The van der Waals surface area contributed by atoms with Crippen molar-refractivity contribution < 1.29 is 8.39 Å². The lowest BCUT2D eigenvalue weighted by Gasteiger charge is -2.20. The van der Waals surface area contributed by atoms with Crippen LogP contribution in [0.2, 0.25) is 0 Å². The number of allylic oxidation sites excluding steroid dienone is 1. The van der Waals surface area contributed by atoms with Gasteiger partial charge in [-0.3, -0.25) is 0 Å². The molecule has 0 spiro atoms. The second kappa shape index (κ2) is 7.47. The smallest absolute Gasteiger partial charge is 0.210 e. The van der Waals surface area contributed by atoms with Crippen molar-refractivity contribution in [2.24, 2.45) is 10.5 Å². The van der Waals surface area contributed by atoms with E-state index in [2.05, 4.69) is 26.0 Å². The van der Waals surface area contributed by atoms with Crippen molar-refractivity contribution in [2.75, 3.05) is 5.75 Å². The molecule has 0 aromatic heterocycles. The number of azide groups is 1. The van der Waals surface area contributed by atoms with Gasteiger partial charge in [-0.15, -0.1) is 0 Å². The minimum Gasteiger partial charge on any atom is -0.400 e. The second-order valence-corrected chi connectivity index (χ2v) is 6.90. The van der Waals surface area contributed by atoms with Gasteiger partial charge in [-0.05, 0) is 23.1 Å². The Morgan fingerprint density at radius 3 is 2.50 bits per heavy atom. The predicted octanol–water partition coefficient (Wildman–Crippen LogP) is 4.69. The lowest BCUT2D eigenvalue weighted by atomic mass is 9.95. The molecule has 5 nitrogen and oxygen atoms in total. The predicted molar refractivity (Wildman–Crippen MR) is 84.6 cm³/mol. The topological polar surface area (TPSA) is 75.1 Å². The molecule has 0 aliphatic rings. The maximum atomic E-state index is 12.0. The first kappa shape index (κ1) is 16.8. The molecule has 1 atom stereocenters. The normalized spacial score (nSPS) is 14.0. The van der Waals surface area contributed by atoms with Crippen molar-refractivity contribution in [1.29, 1.82) is 0 Å². The van der Waals surface area contributed by atoms with E-state index in [1.807, 2.05) is 26.8 Å². The van der Waals surface area contributed by atoms with E-state index in [-0.39, 0.29) is 11.2 Å². The van der Waals surface area contributed by atoms with E-state index in [1.165, 1.54) is 0 Å². The third-order valence-corrected chi connectivity index (χ3v) is 4.80. The molecule has 0 aliphatic carbocycles. The summed E-state index contributed by atoms with van der Waals surface area (Å²) < 4.78 is 18.0. The Balaban J connectivity index is 2.87. The second-order valence-electron chi connectivity index (χ2n) is 5.04. The van der Waals surface area contributed by atoms with E-state index in [1.54, 1.807) is 24.3 Å². The van der Waals surface area contributed by atoms with Crippen LogP contribution in [-0.4, -0.2) is 9.96 Å². The quantitative estimate of drug-likeness (QED) is 0.435. The summed E-state index contributed by atoms with van der Waals surface area (Å²) in [5.41, 5.74) is 8.77. The zero-order valence-electron chi connectivity index (χ0n) is 11.5. The summed E-state index contributed by atoms with van der Waals surface area (Å²) in [6.45, 7) is 5.89. The number of para-hydroxylation sites is 1. The first-order chi connectivity index (χ1) is 9.34. The molecule has 0 saturated heterocycles. The summed E-state index contributed by atoms with van der Waals surface area (Å²) in [7, 11) is 0. The first-order valence-corrected chi connectivity index (χ1v) is 7.94. The molecule has 0 fully saturated rings. The molecule has 0 bridgehead atoms. The van der Waals surface area contributed by atoms with Gasteiger partial charge in [0.25, 0.3) is 0 Å². The van der Waals surface area contributed by atoms with Gasteiger partial charge in [-0.1, -0.05) is 60.0 Å². The number of hydrogen-bond donors (Lipinski definition) is 0. The third kappa shape index (κ3) is 5.36. The number of halogens is 1. The van der Waals surface area contributed by atoms with E-state index in [9.17, 15) is 4.21 Å². The highest BCUT2D eigenvalue weighted by Crippen LogP contribution is 2.34. The highest BCUT2D eigenvalue weighted by atomic mass is 79.9. The number of rotatable bonds is 5. The Labute approximate surface area is 129 Å². The molecule has 1 rings (SSSR count). The fraction of sp³-hybridized carbons (Fsp3) is 0.385. The molecule has 0 radical (unpaired) electrons. The fourth-order valence-corrected chi connectivity index (χ4v) is 2.56. The molecule has 1 aromatic carbocycles. The molecular weight excluding hydrogens is 342 g/mol. The van der Waals surface area contributed by atoms with Gasteiger partial charge < -0.3 is 4.18 Å². The van der Waals surface area contributed by atoms with Crippen LogP contribution in [-0.2, 0) is 11.1 Å². The Hall–Kier alpha value is -1.30. The van der Waals surface area contributed by atoms with Crippen LogP contribution < -0.4 is 4.18 Å². The highest BCUT2D eigenvalue weighted by molar-refractivity contribution is 9.11. The summed E-state index contributed by atoms with van der Waals surface area (Å²) in [6, 6.07) is 8.86. The molecule has 0 N–H and O–H groups in total. The number of benzene rings is 1. The van der Waals surface area contributed by atoms with E-state index in [0.29, 0.717) is 15.9 Å². The average molecular weight is 358 g/mol. The Kier molecular flexibility index (Phi) is 6.26. The van der Waals surface area contributed by atoms with Gasteiger partial charge in [0.15, 0.2) is 0 Å². The molecule has 0 heterocycles. The third-order valence-electron chi connectivity index (χ3n) is 2.26. The summed E-state index contributed by atoms with van der Waals surface area (Å²) >= 11 is 1.79. The molecule has 0 saturated carbocycles. The van der Waals surface area contributed by atoms with E-state index >= 15 is 0 Å². The summed E-state index contributed by atoms with van der Waals surface area (Å²) in [6.07, 6.45) is 0. The summed E-state index contributed by atoms with van der Waals surface area (Å²) in [4.78, 5) is 2.78. The average Bonchev–Trinajstić information content (AvgIpc) is 2.37. The molecule has 1 aromatic rings. The van der Waals surface area contributed by atoms with Crippen LogP contribution in [0, 0.1) is 5.41 Å². The van der Waals surface area contributed by atoms with Crippen molar-refractivity contribution in [1.82, 2.24) is 0 Å². The lowest BCUT2D eigenvalue weighted by molar-refractivity contribution is 0.529. The van der Waals surface area contributed by atoms with Crippen molar-refractivity contribution >= 4 is 27.0 Å². The summed E-state index contributed by atoms with van der Waals surface area (Å²) in [5.74, 6) is 0.537. The monoisotopic (exact) mass is 357 g/mol. The van der Waals surface area contributed by atoms with E-state index < -0.39 is 11.1 Å². The van der Waals surface area contributed by atoms with Crippen molar-refractivity contribution in [2.45, 2.75) is 20.8 Å². The van der Waals surface area contributed by atoms with Gasteiger partial charge in [0.2, 0.25) is 11.1 Å². The van der Waals surface area contributed by atoms with Gasteiger partial charge >= 0.3 is 0 Å². The van der Waals surface area contributed by atoms with Gasteiger partial charge in [-0.25, -0.2) is 4.21 Å². The fourth-order valence-electron chi connectivity index (χ4n) is 1.35. The van der Waals surface area contributed by atoms with E-state index in [0.717, 1.165) is 0 Å². The van der Waals surface area contributed by atoms with Gasteiger partial charge in [-0.2, -0.15) is 0 Å². The minimum absolute atomic E-state index is 0.0246. The molecule has 108 valence electrons. The molecular formula is C13H16BrN3O2S. The van der Waals surface area contributed by atoms with Gasteiger partial charge in [0, 0.05) is 15.1 Å². The molecule has 0 aliphatic heterocycles. The van der Waals surface area contributed by atoms with Crippen molar-refractivity contribution in [3.63, 3.8) is 0 Å². The summed E-state index contributed by atoms with van der Waals surface area (Å²) in [5, 5.41) is 3.61. The molecule has 7 heteroatoms. The van der Waals surface area contributed by atoms with E-state index in [4.69, 9.17) is 9.71 Å².